The third-order valence-corrected chi connectivity index (χ3v) is 5.09. The van der Waals surface area contributed by atoms with Gasteiger partial charge in [-0.25, -0.2) is 0 Å². The van der Waals surface area contributed by atoms with Crippen LogP contribution in [-0.4, -0.2) is 62.8 Å². The number of rotatable bonds is 7. The number of ether oxygens (including phenoxy) is 1. The monoisotopic (exact) mass is 324 g/mol. The number of hydrogen-bond donors (Lipinski definition) is 2. The Bertz CT molecular complexity index is 366. The number of likely N-dealkylation sites (tertiary alicyclic amines) is 1. The van der Waals surface area contributed by atoms with Gasteiger partial charge in [0, 0.05) is 33.3 Å². The first kappa shape index (κ1) is 18.5. The van der Waals surface area contributed by atoms with Crippen molar-refractivity contribution >= 4 is 5.96 Å². The Kier molecular flexibility index (Phi) is 7.63. The van der Waals surface area contributed by atoms with Crippen LogP contribution in [0, 0.1) is 5.92 Å². The normalized spacial score (nSPS) is 29.7. The van der Waals surface area contributed by atoms with E-state index in [1.807, 2.05) is 7.05 Å². The molecule has 2 heterocycles. The highest BCUT2D eigenvalue weighted by molar-refractivity contribution is 5.79. The van der Waals surface area contributed by atoms with E-state index in [0.717, 1.165) is 38.0 Å². The average molecular weight is 325 g/mol. The smallest absolute Gasteiger partial charge is 0.191 e. The molecule has 2 aliphatic heterocycles. The Labute approximate surface area is 142 Å². The summed E-state index contributed by atoms with van der Waals surface area (Å²) in [5.41, 5.74) is -0.0252. The zero-order valence-electron chi connectivity index (χ0n) is 15.4. The van der Waals surface area contributed by atoms with Gasteiger partial charge < -0.3 is 20.3 Å². The summed E-state index contributed by atoms with van der Waals surface area (Å²) in [6.45, 7) is 11.1. The number of guanidine groups is 1. The van der Waals surface area contributed by atoms with Crippen LogP contribution in [0.1, 0.15) is 52.4 Å². The molecule has 0 bridgehead atoms. The van der Waals surface area contributed by atoms with Crippen LogP contribution >= 0.6 is 0 Å². The highest BCUT2D eigenvalue weighted by Crippen LogP contribution is 2.23. The molecule has 0 radical (unpaired) electrons. The van der Waals surface area contributed by atoms with Gasteiger partial charge in [0.2, 0.25) is 0 Å². The van der Waals surface area contributed by atoms with Crippen LogP contribution in [0.5, 0.6) is 0 Å². The van der Waals surface area contributed by atoms with E-state index in [1.165, 1.54) is 51.7 Å². The quantitative estimate of drug-likeness (QED) is 0.428. The molecule has 5 heteroatoms. The van der Waals surface area contributed by atoms with Gasteiger partial charge in [0.1, 0.15) is 0 Å². The van der Waals surface area contributed by atoms with E-state index in [0.29, 0.717) is 0 Å². The predicted molar refractivity (Wildman–Crippen MR) is 97.0 cm³/mol. The number of unbranched alkanes of at least 4 members (excludes halogenated alkanes) is 1. The summed E-state index contributed by atoms with van der Waals surface area (Å²) in [5, 5.41) is 6.82. The first-order valence-corrected chi connectivity index (χ1v) is 9.42. The molecule has 5 nitrogen and oxygen atoms in total. The summed E-state index contributed by atoms with van der Waals surface area (Å²) < 4.78 is 5.80. The lowest BCUT2D eigenvalue weighted by Gasteiger charge is -2.30. The van der Waals surface area contributed by atoms with Gasteiger partial charge in [-0.2, -0.15) is 0 Å². The number of nitrogens with one attached hydrogen (secondary N) is 2. The van der Waals surface area contributed by atoms with Crippen molar-refractivity contribution in [3.8, 4) is 0 Å². The van der Waals surface area contributed by atoms with Gasteiger partial charge in [0.15, 0.2) is 5.96 Å². The standard InChI is InChI=1S/C18H36N4O/c1-16-8-6-12-22(14-16)11-5-4-10-20-17(19-3)21-15-18(2)9-7-13-23-18/h16H,4-15H2,1-3H3,(H2,19,20,21). The molecule has 0 aliphatic carbocycles. The zero-order valence-corrected chi connectivity index (χ0v) is 15.4. The summed E-state index contributed by atoms with van der Waals surface area (Å²) in [4.78, 5) is 6.93. The number of aliphatic imine (C=N–C) groups is 1. The van der Waals surface area contributed by atoms with Crippen LogP contribution in [0.15, 0.2) is 4.99 Å². The largest absolute Gasteiger partial charge is 0.373 e. The highest BCUT2D eigenvalue weighted by atomic mass is 16.5. The van der Waals surface area contributed by atoms with E-state index in [1.54, 1.807) is 0 Å². The molecule has 0 aromatic carbocycles. The molecule has 2 N–H and O–H groups in total. The van der Waals surface area contributed by atoms with E-state index in [4.69, 9.17) is 4.74 Å². The number of nitrogens with zero attached hydrogens (tertiary/aromatic N) is 2. The molecule has 2 saturated heterocycles. The highest BCUT2D eigenvalue weighted by Gasteiger charge is 2.29. The van der Waals surface area contributed by atoms with Gasteiger partial charge in [-0.1, -0.05) is 6.92 Å². The van der Waals surface area contributed by atoms with Crippen molar-refractivity contribution in [2.24, 2.45) is 10.9 Å². The van der Waals surface area contributed by atoms with E-state index in [-0.39, 0.29) is 5.60 Å². The molecule has 0 amide bonds. The molecule has 2 unspecified atom stereocenters. The van der Waals surface area contributed by atoms with E-state index >= 15 is 0 Å². The van der Waals surface area contributed by atoms with Crippen LogP contribution < -0.4 is 10.6 Å². The molecular weight excluding hydrogens is 288 g/mol. The van der Waals surface area contributed by atoms with Crippen LogP contribution in [0.25, 0.3) is 0 Å². The maximum absolute atomic E-state index is 5.80. The van der Waals surface area contributed by atoms with E-state index < -0.39 is 0 Å². The fourth-order valence-electron chi connectivity index (χ4n) is 3.62. The second-order valence-electron chi connectivity index (χ2n) is 7.51. The minimum absolute atomic E-state index is 0.0252. The third-order valence-electron chi connectivity index (χ3n) is 5.09. The first-order valence-electron chi connectivity index (χ1n) is 9.42. The van der Waals surface area contributed by atoms with Crippen molar-refractivity contribution in [2.45, 2.75) is 58.0 Å². The Hall–Kier alpha value is -0.810. The Balaban J connectivity index is 1.53. The topological polar surface area (TPSA) is 48.9 Å². The first-order chi connectivity index (χ1) is 11.1. The molecule has 2 fully saturated rings. The third kappa shape index (κ3) is 6.68. The Morgan fingerprint density at radius 3 is 2.87 bits per heavy atom. The molecular formula is C18H36N4O. The fourth-order valence-corrected chi connectivity index (χ4v) is 3.62. The minimum atomic E-state index is -0.0252. The Morgan fingerprint density at radius 1 is 1.30 bits per heavy atom. The Morgan fingerprint density at radius 2 is 2.17 bits per heavy atom. The van der Waals surface area contributed by atoms with Crippen molar-refractivity contribution in [3.63, 3.8) is 0 Å². The molecule has 2 atom stereocenters. The lowest BCUT2D eigenvalue weighted by Crippen LogP contribution is -2.45. The van der Waals surface area contributed by atoms with Crippen molar-refractivity contribution in [1.82, 2.24) is 15.5 Å². The van der Waals surface area contributed by atoms with Gasteiger partial charge >= 0.3 is 0 Å². The summed E-state index contributed by atoms with van der Waals surface area (Å²) in [7, 11) is 1.84. The second kappa shape index (κ2) is 9.48. The van der Waals surface area contributed by atoms with Gasteiger partial charge in [-0.15, -0.1) is 0 Å². The lowest BCUT2D eigenvalue weighted by atomic mass is 10.0. The molecule has 0 spiro atoms. The lowest BCUT2D eigenvalue weighted by molar-refractivity contribution is 0.0243. The van der Waals surface area contributed by atoms with Crippen LogP contribution in [-0.2, 0) is 4.74 Å². The molecule has 0 aromatic heterocycles. The van der Waals surface area contributed by atoms with Gasteiger partial charge in [0.25, 0.3) is 0 Å². The van der Waals surface area contributed by atoms with Gasteiger partial charge in [-0.3, -0.25) is 4.99 Å². The molecule has 23 heavy (non-hydrogen) atoms. The maximum atomic E-state index is 5.80. The van der Waals surface area contributed by atoms with Crippen molar-refractivity contribution in [2.75, 3.05) is 46.4 Å². The molecule has 2 aliphatic rings. The predicted octanol–water partition coefficient (Wildman–Crippen LogP) is 2.23. The fraction of sp³-hybridized carbons (Fsp3) is 0.944. The van der Waals surface area contributed by atoms with Crippen LogP contribution in [0.4, 0.5) is 0 Å². The van der Waals surface area contributed by atoms with Crippen molar-refractivity contribution in [1.29, 1.82) is 0 Å². The summed E-state index contributed by atoms with van der Waals surface area (Å²) >= 11 is 0. The SMILES string of the molecule is CN=C(NCCCCN1CCCC(C)C1)NCC1(C)CCCO1. The zero-order chi connectivity index (χ0) is 16.5. The van der Waals surface area contributed by atoms with Gasteiger partial charge in [-0.05, 0) is 64.5 Å². The molecule has 0 saturated carbocycles. The van der Waals surface area contributed by atoms with E-state index in [2.05, 4.69) is 34.4 Å². The number of hydrogen-bond acceptors (Lipinski definition) is 3. The summed E-state index contributed by atoms with van der Waals surface area (Å²) in [5.74, 6) is 1.78. The summed E-state index contributed by atoms with van der Waals surface area (Å²) in [6, 6.07) is 0. The molecule has 2 rings (SSSR count). The minimum Gasteiger partial charge on any atom is -0.373 e. The van der Waals surface area contributed by atoms with Crippen LogP contribution in [0.3, 0.4) is 0 Å². The number of piperidine rings is 1. The van der Waals surface area contributed by atoms with Crippen molar-refractivity contribution < 1.29 is 4.74 Å². The van der Waals surface area contributed by atoms with Crippen molar-refractivity contribution in [3.05, 3.63) is 0 Å². The second-order valence-corrected chi connectivity index (χ2v) is 7.51. The summed E-state index contributed by atoms with van der Waals surface area (Å²) in [6.07, 6.45) is 7.53. The van der Waals surface area contributed by atoms with Crippen LogP contribution in [0.2, 0.25) is 0 Å². The molecule has 134 valence electrons. The maximum Gasteiger partial charge on any atom is 0.191 e. The van der Waals surface area contributed by atoms with E-state index in [9.17, 15) is 0 Å². The average Bonchev–Trinajstić information content (AvgIpc) is 2.97. The van der Waals surface area contributed by atoms with Gasteiger partial charge in [0.05, 0.1) is 5.60 Å². The molecule has 0 aromatic rings.